The predicted octanol–water partition coefficient (Wildman–Crippen LogP) is 3.40. The molecule has 2 atom stereocenters. The lowest BCUT2D eigenvalue weighted by Crippen LogP contribution is -2.40. The number of nitrogens with zero attached hydrogens (tertiary/aromatic N) is 1. The molecule has 5 rings (SSSR count). The first kappa shape index (κ1) is 20.0. The van der Waals surface area contributed by atoms with Gasteiger partial charge in [-0.15, -0.1) is 0 Å². The second-order valence-electron chi connectivity index (χ2n) is 8.44. The zero-order valence-corrected chi connectivity index (χ0v) is 18.2. The van der Waals surface area contributed by atoms with E-state index in [0.29, 0.717) is 23.0 Å². The molecule has 0 N–H and O–H groups in total. The maximum atomic E-state index is 13.6. The van der Waals surface area contributed by atoms with Gasteiger partial charge in [0.1, 0.15) is 5.58 Å². The van der Waals surface area contributed by atoms with Gasteiger partial charge in [-0.2, -0.15) is 0 Å². The lowest BCUT2D eigenvalue weighted by atomic mass is 9.96. The molecule has 0 saturated carbocycles. The highest BCUT2D eigenvalue weighted by Gasteiger charge is 2.48. The van der Waals surface area contributed by atoms with Crippen LogP contribution in [-0.4, -0.2) is 36.8 Å². The van der Waals surface area contributed by atoms with Crippen LogP contribution in [0.2, 0.25) is 0 Å². The number of benzene rings is 2. The standard InChI is InChI=1S/C24H23NO5S/c1-3-15-5-7-16(8-6-15)21-20-22(26)18-12-14(2)4-9-19(18)30-23(20)24(27)25(21)17-10-11-31(28,29)13-17/h4-9,12,17,21H,3,10-11,13H2,1-2H3. The summed E-state index contributed by atoms with van der Waals surface area (Å²) < 4.78 is 30.3. The molecule has 160 valence electrons. The Labute approximate surface area is 180 Å². The lowest BCUT2D eigenvalue weighted by molar-refractivity contribution is 0.0662. The van der Waals surface area contributed by atoms with Crippen LogP contribution in [0.1, 0.15) is 52.2 Å². The Bertz CT molecular complexity index is 1370. The van der Waals surface area contributed by atoms with Crippen molar-refractivity contribution >= 4 is 26.7 Å². The third-order valence-corrected chi connectivity index (χ3v) is 8.12. The minimum Gasteiger partial charge on any atom is -0.450 e. The number of hydrogen-bond donors (Lipinski definition) is 0. The van der Waals surface area contributed by atoms with Crippen LogP contribution in [0.15, 0.2) is 51.7 Å². The predicted molar refractivity (Wildman–Crippen MR) is 118 cm³/mol. The Morgan fingerprint density at radius 2 is 1.84 bits per heavy atom. The van der Waals surface area contributed by atoms with Gasteiger partial charge in [0.2, 0.25) is 5.76 Å². The average molecular weight is 438 g/mol. The molecule has 2 aromatic carbocycles. The maximum absolute atomic E-state index is 13.6. The Balaban J connectivity index is 1.75. The third kappa shape index (κ3) is 3.19. The van der Waals surface area contributed by atoms with Crippen LogP contribution in [0.5, 0.6) is 0 Å². The van der Waals surface area contributed by atoms with E-state index >= 15 is 0 Å². The maximum Gasteiger partial charge on any atom is 0.291 e. The van der Waals surface area contributed by atoms with E-state index in [0.717, 1.165) is 23.1 Å². The van der Waals surface area contributed by atoms with Gasteiger partial charge in [-0.1, -0.05) is 42.8 Å². The Kier molecular flexibility index (Phi) is 4.55. The molecule has 1 saturated heterocycles. The summed E-state index contributed by atoms with van der Waals surface area (Å²) in [5.74, 6) is -0.443. The van der Waals surface area contributed by atoms with E-state index in [-0.39, 0.29) is 22.7 Å². The van der Waals surface area contributed by atoms with Crippen molar-refractivity contribution in [2.24, 2.45) is 0 Å². The van der Waals surface area contributed by atoms with Crippen molar-refractivity contribution in [1.82, 2.24) is 4.90 Å². The van der Waals surface area contributed by atoms with Crippen molar-refractivity contribution in [1.29, 1.82) is 0 Å². The molecule has 0 aliphatic carbocycles. The molecule has 7 heteroatoms. The highest BCUT2D eigenvalue weighted by Crippen LogP contribution is 2.41. The monoisotopic (exact) mass is 437 g/mol. The van der Waals surface area contributed by atoms with Crippen LogP contribution in [0.25, 0.3) is 11.0 Å². The van der Waals surface area contributed by atoms with E-state index in [1.54, 1.807) is 17.0 Å². The van der Waals surface area contributed by atoms with Crippen molar-refractivity contribution in [3.63, 3.8) is 0 Å². The molecule has 3 heterocycles. The Morgan fingerprint density at radius 1 is 1.10 bits per heavy atom. The summed E-state index contributed by atoms with van der Waals surface area (Å²) >= 11 is 0. The normalized spacial score (nSPS) is 22.3. The molecule has 1 amide bonds. The minimum atomic E-state index is -3.22. The van der Waals surface area contributed by atoms with Gasteiger partial charge in [0.25, 0.3) is 5.91 Å². The topological polar surface area (TPSA) is 84.7 Å². The summed E-state index contributed by atoms with van der Waals surface area (Å²) in [6.07, 6.45) is 1.23. The number of fused-ring (bicyclic) bond motifs is 2. The first-order chi connectivity index (χ1) is 14.8. The van der Waals surface area contributed by atoms with E-state index in [9.17, 15) is 18.0 Å². The van der Waals surface area contributed by atoms with Gasteiger partial charge in [0.05, 0.1) is 28.5 Å². The number of sulfone groups is 1. The second kappa shape index (κ2) is 7.05. The summed E-state index contributed by atoms with van der Waals surface area (Å²) in [7, 11) is -3.22. The number of carbonyl (C=O) groups is 1. The lowest BCUT2D eigenvalue weighted by Gasteiger charge is -2.30. The van der Waals surface area contributed by atoms with Crippen LogP contribution in [-0.2, 0) is 16.3 Å². The van der Waals surface area contributed by atoms with Crippen LogP contribution in [0.4, 0.5) is 0 Å². The fourth-order valence-corrected chi connectivity index (χ4v) is 6.45. The zero-order valence-electron chi connectivity index (χ0n) is 17.4. The van der Waals surface area contributed by atoms with Gasteiger partial charge in [-0.05, 0) is 43.0 Å². The molecule has 0 radical (unpaired) electrons. The molecular weight excluding hydrogens is 414 g/mol. The van der Waals surface area contributed by atoms with E-state index in [2.05, 4.69) is 6.92 Å². The van der Waals surface area contributed by atoms with Gasteiger partial charge in [-0.25, -0.2) is 8.42 Å². The van der Waals surface area contributed by atoms with Gasteiger partial charge >= 0.3 is 0 Å². The molecule has 2 aliphatic heterocycles. The number of hydrogen-bond acceptors (Lipinski definition) is 5. The highest BCUT2D eigenvalue weighted by molar-refractivity contribution is 7.91. The minimum absolute atomic E-state index is 0.0234. The first-order valence-electron chi connectivity index (χ1n) is 10.5. The molecule has 1 fully saturated rings. The molecule has 0 bridgehead atoms. The number of aryl methyl sites for hydroxylation is 2. The van der Waals surface area contributed by atoms with Crippen molar-refractivity contribution in [3.8, 4) is 0 Å². The fraction of sp³-hybridized carbons (Fsp3) is 0.333. The van der Waals surface area contributed by atoms with Crippen LogP contribution < -0.4 is 5.43 Å². The van der Waals surface area contributed by atoms with Crippen molar-refractivity contribution in [2.45, 2.75) is 38.8 Å². The van der Waals surface area contributed by atoms with Gasteiger partial charge in [-0.3, -0.25) is 9.59 Å². The van der Waals surface area contributed by atoms with E-state index in [4.69, 9.17) is 4.42 Å². The number of rotatable bonds is 3. The third-order valence-electron chi connectivity index (χ3n) is 6.37. The highest BCUT2D eigenvalue weighted by atomic mass is 32.2. The molecule has 6 nitrogen and oxygen atoms in total. The second-order valence-corrected chi connectivity index (χ2v) is 10.7. The van der Waals surface area contributed by atoms with Gasteiger partial charge in [0.15, 0.2) is 15.3 Å². The van der Waals surface area contributed by atoms with Crippen molar-refractivity contribution < 1.29 is 17.6 Å². The van der Waals surface area contributed by atoms with Gasteiger partial charge in [0, 0.05) is 6.04 Å². The average Bonchev–Trinajstić information content (AvgIpc) is 3.25. The summed E-state index contributed by atoms with van der Waals surface area (Å²) in [4.78, 5) is 28.6. The summed E-state index contributed by atoms with van der Waals surface area (Å²) in [6, 6.07) is 12.0. The smallest absolute Gasteiger partial charge is 0.291 e. The molecular formula is C24H23NO5S. The molecule has 2 aliphatic rings. The molecule has 1 aromatic heterocycles. The molecule has 0 spiro atoms. The summed E-state index contributed by atoms with van der Waals surface area (Å²) in [5, 5.41) is 0.433. The van der Waals surface area contributed by atoms with Gasteiger partial charge < -0.3 is 9.32 Å². The molecule has 3 aromatic rings. The van der Waals surface area contributed by atoms with E-state index in [1.807, 2.05) is 37.3 Å². The number of carbonyl (C=O) groups excluding carboxylic acids is 1. The number of amides is 1. The Hall–Kier alpha value is -2.93. The quantitative estimate of drug-likeness (QED) is 0.627. The van der Waals surface area contributed by atoms with E-state index in [1.165, 1.54) is 0 Å². The largest absolute Gasteiger partial charge is 0.450 e. The van der Waals surface area contributed by atoms with Crippen molar-refractivity contribution in [2.75, 3.05) is 11.5 Å². The van der Waals surface area contributed by atoms with Crippen LogP contribution in [0.3, 0.4) is 0 Å². The SMILES string of the molecule is CCc1ccc(C2c3c(oc4ccc(C)cc4c3=O)C(=O)N2C2CCS(=O)(=O)C2)cc1. The van der Waals surface area contributed by atoms with Crippen LogP contribution in [0, 0.1) is 6.92 Å². The molecule has 2 unspecified atom stereocenters. The van der Waals surface area contributed by atoms with Crippen molar-refractivity contribution in [3.05, 3.63) is 80.7 Å². The first-order valence-corrected chi connectivity index (χ1v) is 12.3. The van der Waals surface area contributed by atoms with E-state index < -0.39 is 27.8 Å². The Morgan fingerprint density at radius 3 is 2.48 bits per heavy atom. The molecule has 31 heavy (non-hydrogen) atoms. The zero-order chi connectivity index (χ0) is 21.9. The summed E-state index contributed by atoms with van der Waals surface area (Å²) in [6.45, 7) is 3.95. The summed E-state index contributed by atoms with van der Waals surface area (Å²) in [5.41, 5.74) is 3.28. The fourth-order valence-electron chi connectivity index (χ4n) is 4.74. The van der Waals surface area contributed by atoms with Crippen LogP contribution >= 0.6 is 0 Å².